The van der Waals surface area contributed by atoms with Gasteiger partial charge in [-0.05, 0) is 56.9 Å². The maximum absolute atomic E-state index is 12.8. The first-order valence-electron chi connectivity index (χ1n) is 9.67. The molecule has 1 fully saturated rings. The molecule has 0 bridgehead atoms. The van der Waals surface area contributed by atoms with E-state index in [-0.39, 0.29) is 17.2 Å². The summed E-state index contributed by atoms with van der Waals surface area (Å²) in [4.78, 5) is 17.8. The zero-order chi connectivity index (χ0) is 19.9. The van der Waals surface area contributed by atoms with Crippen molar-refractivity contribution in [3.8, 4) is 0 Å². The number of thioether (sulfide) groups is 1. The van der Waals surface area contributed by atoms with E-state index in [1.54, 1.807) is 0 Å². The van der Waals surface area contributed by atoms with Crippen LogP contribution in [0.4, 0.5) is 5.69 Å². The summed E-state index contributed by atoms with van der Waals surface area (Å²) < 4.78 is 27.4. The number of carbonyl (C=O) groups excluding carboxylic acids is 1. The highest BCUT2D eigenvalue weighted by Gasteiger charge is 2.35. The molecule has 7 nitrogen and oxygen atoms in total. The van der Waals surface area contributed by atoms with Crippen LogP contribution in [0.3, 0.4) is 0 Å². The van der Waals surface area contributed by atoms with Gasteiger partial charge in [0, 0.05) is 29.1 Å². The van der Waals surface area contributed by atoms with Gasteiger partial charge in [-0.3, -0.25) is 4.79 Å². The molecule has 1 amide bonds. The number of benzene rings is 1. The van der Waals surface area contributed by atoms with Crippen LogP contribution in [0, 0.1) is 0 Å². The van der Waals surface area contributed by atoms with Gasteiger partial charge in [0.15, 0.2) is 5.17 Å². The molecule has 2 heterocycles. The molecule has 1 aromatic rings. The standard InChI is InChI=1S/C19H26N4O3S2/c1-22(2)19(8-4-3-5-9-19)13-20-17(24)14-6-7-15-16(12-14)27-18-21-28(25,26)11-10-23(15)18/h6-7,12H,3-5,8-11,13H2,1-2H3,(H,20,24). The van der Waals surface area contributed by atoms with Crippen molar-refractivity contribution >= 4 is 38.5 Å². The lowest BCUT2D eigenvalue weighted by molar-refractivity contribution is 0.0799. The van der Waals surface area contributed by atoms with Crippen molar-refractivity contribution < 1.29 is 13.2 Å². The second kappa shape index (κ2) is 7.35. The second-order valence-electron chi connectivity index (χ2n) is 7.96. The number of rotatable bonds is 4. The highest BCUT2D eigenvalue weighted by Crippen LogP contribution is 2.42. The summed E-state index contributed by atoms with van der Waals surface area (Å²) in [6, 6.07) is 5.54. The van der Waals surface area contributed by atoms with Gasteiger partial charge in [0.05, 0.1) is 11.4 Å². The minimum absolute atomic E-state index is 0.0192. The number of hydrogen-bond donors (Lipinski definition) is 1. The van der Waals surface area contributed by atoms with Crippen LogP contribution >= 0.6 is 11.8 Å². The molecule has 0 aromatic heterocycles. The van der Waals surface area contributed by atoms with Gasteiger partial charge < -0.3 is 15.1 Å². The van der Waals surface area contributed by atoms with Gasteiger partial charge in [0.2, 0.25) is 0 Å². The van der Waals surface area contributed by atoms with Crippen molar-refractivity contribution in [3.63, 3.8) is 0 Å². The SMILES string of the molecule is CN(C)C1(CNC(=O)c2ccc3c(c2)SC2=NS(=O)(=O)CCN23)CCCCC1. The molecule has 28 heavy (non-hydrogen) atoms. The highest BCUT2D eigenvalue weighted by molar-refractivity contribution is 8.15. The molecule has 1 aromatic carbocycles. The van der Waals surface area contributed by atoms with Gasteiger partial charge in [0.1, 0.15) is 0 Å². The van der Waals surface area contributed by atoms with Crippen LogP contribution in [-0.2, 0) is 10.0 Å². The van der Waals surface area contributed by atoms with E-state index in [4.69, 9.17) is 0 Å². The van der Waals surface area contributed by atoms with E-state index in [9.17, 15) is 13.2 Å². The average Bonchev–Trinajstić information content (AvgIpc) is 3.01. The molecule has 0 radical (unpaired) electrons. The number of fused-ring (bicyclic) bond motifs is 3. The molecule has 1 N–H and O–H groups in total. The first-order chi connectivity index (χ1) is 13.3. The van der Waals surface area contributed by atoms with Crippen molar-refractivity contribution in [1.29, 1.82) is 0 Å². The number of likely N-dealkylation sites (N-methyl/N-ethyl adjacent to an activating group) is 1. The summed E-state index contributed by atoms with van der Waals surface area (Å²) in [6.07, 6.45) is 5.86. The lowest BCUT2D eigenvalue weighted by atomic mass is 9.80. The molecule has 1 aliphatic carbocycles. The zero-order valence-electron chi connectivity index (χ0n) is 16.3. The van der Waals surface area contributed by atoms with Crippen LogP contribution < -0.4 is 10.2 Å². The fourth-order valence-corrected chi connectivity index (χ4v) is 6.51. The van der Waals surface area contributed by atoms with Crippen LogP contribution in [0.1, 0.15) is 42.5 Å². The quantitative estimate of drug-likeness (QED) is 0.802. The molecule has 0 spiro atoms. The predicted octanol–water partition coefficient (Wildman–Crippen LogP) is 2.29. The molecule has 3 aliphatic rings. The van der Waals surface area contributed by atoms with E-state index in [0.29, 0.717) is 23.8 Å². The molecule has 0 atom stereocenters. The Morgan fingerprint density at radius 3 is 2.75 bits per heavy atom. The lowest BCUT2D eigenvalue weighted by Crippen LogP contribution is -2.53. The maximum Gasteiger partial charge on any atom is 0.257 e. The molecule has 1 saturated carbocycles. The van der Waals surface area contributed by atoms with E-state index in [0.717, 1.165) is 23.4 Å². The van der Waals surface area contributed by atoms with E-state index >= 15 is 0 Å². The second-order valence-corrected chi connectivity index (χ2v) is 10.7. The van der Waals surface area contributed by atoms with Crippen LogP contribution in [0.2, 0.25) is 0 Å². The molecule has 152 valence electrons. The zero-order valence-corrected chi connectivity index (χ0v) is 17.9. The van der Waals surface area contributed by atoms with Gasteiger partial charge in [-0.25, -0.2) is 8.42 Å². The third-order valence-electron chi connectivity index (χ3n) is 6.05. The Labute approximate surface area is 170 Å². The number of amidine groups is 1. The Balaban J connectivity index is 1.49. The smallest absolute Gasteiger partial charge is 0.257 e. The Hall–Kier alpha value is -1.58. The summed E-state index contributed by atoms with van der Waals surface area (Å²) in [5, 5.41) is 3.61. The van der Waals surface area contributed by atoms with Crippen molar-refractivity contribution in [2.24, 2.45) is 4.40 Å². The van der Waals surface area contributed by atoms with Crippen molar-refractivity contribution in [1.82, 2.24) is 10.2 Å². The summed E-state index contributed by atoms with van der Waals surface area (Å²) in [5.41, 5.74) is 1.55. The average molecular weight is 423 g/mol. The first-order valence-corrected chi connectivity index (χ1v) is 12.1. The van der Waals surface area contributed by atoms with Crippen molar-refractivity contribution in [3.05, 3.63) is 23.8 Å². The lowest BCUT2D eigenvalue weighted by Gasteiger charge is -2.43. The summed E-state index contributed by atoms with van der Waals surface area (Å²) >= 11 is 1.31. The number of nitrogens with one attached hydrogen (secondary N) is 1. The van der Waals surface area contributed by atoms with E-state index in [1.807, 2.05) is 23.1 Å². The van der Waals surface area contributed by atoms with Crippen LogP contribution in [0.25, 0.3) is 0 Å². The van der Waals surface area contributed by atoms with Crippen LogP contribution in [-0.4, -0.2) is 62.9 Å². The number of hydrogen-bond acceptors (Lipinski definition) is 6. The summed E-state index contributed by atoms with van der Waals surface area (Å²) in [5.74, 6) is -0.0691. The molecule has 0 unspecified atom stereocenters. The molecular weight excluding hydrogens is 396 g/mol. The molecule has 4 rings (SSSR count). The minimum Gasteiger partial charge on any atom is -0.350 e. The summed E-state index contributed by atoms with van der Waals surface area (Å²) in [6.45, 7) is 1.04. The molecule has 2 aliphatic heterocycles. The van der Waals surface area contributed by atoms with Gasteiger partial charge in [-0.1, -0.05) is 19.3 Å². The van der Waals surface area contributed by atoms with Crippen LogP contribution in [0.15, 0.2) is 27.5 Å². The summed E-state index contributed by atoms with van der Waals surface area (Å²) in [7, 11) is 0.808. The third kappa shape index (κ3) is 3.67. The van der Waals surface area contributed by atoms with Gasteiger partial charge in [0.25, 0.3) is 15.9 Å². The Bertz CT molecular complexity index is 921. The van der Waals surface area contributed by atoms with Gasteiger partial charge >= 0.3 is 0 Å². The van der Waals surface area contributed by atoms with E-state index in [1.165, 1.54) is 31.0 Å². The Morgan fingerprint density at radius 2 is 2.04 bits per heavy atom. The Kier molecular flexibility index (Phi) is 5.18. The molecule has 0 saturated heterocycles. The van der Waals surface area contributed by atoms with Crippen LogP contribution in [0.5, 0.6) is 0 Å². The number of nitrogens with zero attached hydrogens (tertiary/aromatic N) is 3. The fraction of sp³-hybridized carbons (Fsp3) is 0.579. The largest absolute Gasteiger partial charge is 0.350 e. The monoisotopic (exact) mass is 422 g/mol. The Morgan fingerprint density at radius 1 is 1.29 bits per heavy atom. The topological polar surface area (TPSA) is 82.1 Å². The maximum atomic E-state index is 12.8. The number of anilines is 1. The van der Waals surface area contributed by atoms with E-state index < -0.39 is 10.0 Å². The van der Waals surface area contributed by atoms with Crippen molar-refractivity contribution in [2.45, 2.75) is 42.5 Å². The number of sulfonamides is 1. The minimum atomic E-state index is -3.38. The molecular formula is C19H26N4O3S2. The van der Waals surface area contributed by atoms with Gasteiger partial charge in [-0.2, -0.15) is 0 Å². The number of carbonyl (C=O) groups is 1. The molecule has 9 heteroatoms. The third-order valence-corrected chi connectivity index (χ3v) is 8.35. The van der Waals surface area contributed by atoms with Crippen molar-refractivity contribution in [2.75, 3.05) is 37.8 Å². The highest BCUT2D eigenvalue weighted by atomic mass is 32.2. The fourth-order valence-electron chi connectivity index (χ4n) is 4.21. The predicted molar refractivity (Wildman–Crippen MR) is 113 cm³/mol. The van der Waals surface area contributed by atoms with E-state index in [2.05, 4.69) is 28.7 Å². The normalized spacial score (nSPS) is 22.4. The first kappa shape index (κ1) is 19.7. The number of amides is 1. The van der Waals surface area contributed by atoms with Gasteiger partial charge in [-0.15, -0.1) is 4.40 Å².